The Labute approximate surface area is 51.2 Å². The highest BCUT2D eigenvalue weighted by Crippen LogP contribution is 1.91. The first kappa shape index (κ1) is 7.92. The third-order valence-electron chi connectivity index (χ3n) is 0.958. The van der Waals surface area contributed by atoms with E-state index in [1.165, 1.54) is 0 Å². The summed E-state index contributed by atoms with van der Waals surface area (Å²) in [5.41, 5.74) is 3.74. The molecular weight excluding hydrogens is 102 g/mol. The van der Waals surface area contributed by atoms with Crippen LogP contribution in [-0.2, 0) is 4.84 Å². The largest absolute Gasteiger partial charge is 0.279 e. The van der Waals surface area contributed by atoms with Crippen LogP contribution in [0.15, 0.2) is 0 Å². The van der Waals surface area contributed by atoms with Gasteiger partial charge in [-0.15, -0.1) is 0 Å². The predicted octanol–water partition coefficient (Wildman–Crippen LogP) is 1.34. The molecular formula is C6H14NO. The van der Waals surface area contributed by atoms with Gasteiger partial charge in [-0.05, 0) is 20.3 Å². The second-order valence-corrected chi connectivity index (χ2v) is 1.77. The summed E-state index contributed by atoms with van der Waals surface area (Å²) in [6, 6.07) is 0. The van der Waals surface area contributed by atoms with E-state index < -0.39 is 0 Å². The van der Waals surface area contributed by atoms with Crippen molar-refractivity contribution in [2.45, 2.75) is 33.3 Å². The lowest BCUT2D eigenvalue weighted by Gasteiger charge is -2.05. The van der Waals surface area contributed by atoms with Gasteiger partial charge in [-0.2, -0.15) is 0 Å². The first-order valence-corrected chi connectivity index (χ1v) is 3.13. The molecule has 0 spiro atoms. The van der Waals surface area contributed by atoms with Gasteiger partial charge in [-0.3, -0.25) is 4.84 Å². The highest BCUT2D eigenvalue weighted by atomic mass is 16.7. The second-order valence-electron chi connectivity index (χ2n) is 1.77. The van der Waals surface area contributed by atoms with Crippen LogP contribution in [0.25, 0.3) is 0 Å². The van der Waals surface area contributed by atoms with E-state index in [1.807, 2.05) is 13.8 Å². The zero-order valence-electron chi connectivity index (χ0n) is 5.85. The van der Waals surface area contributed by atoms with Crippen molar-refractivity contribution in [1.82, 2.24) is 5.48 Å². The Morgan fingerprint density at radius 3 is 2.50 bits per heavy atom. The van der Waals surface area contributed by atoms with Gasteiger partial charge in [-0.1, -0.05) is 12.4 Å². The van der Waals surface area contributed by atoms with Crippen LogP contribution in [-0.4, -0.2) is 12.6 Å². The van der Waals surface area contributed by atoms with E-state index in [-0.39, 0.29) is 6.10 Å². The molecule has 0 heterocycles. The van der Waals surface area contributed by atoms with Crippen molar-refractivity contribution in [2.24, 2.45) is 0 Å². The Kier molecular flexibility index (Phi) is 5.01. The molecule has 0 aromatic heterocycles. The van der Waals surface area contributed by atoms with Crippen molar-refractivity contribution in [3.8, 4) is 0 Å². The molecule has 0 aromatic carbocycles. The van der Waals surface area contributed by atoms with Gasteiger partial charge < -0.3 is 0 Å². The van der Waals surface area contributed by atoms with Crippen LogP contribution < -0.4 is 5.48 Å². The van der Waals surface area contributed by atoms with E-state index in [2.05, 4.69) is 12.4 Å². The number of hydroxylamine groups is 1. The van der Waals surface area contributed by atoms with E-state index in [0.29, 0.717) is 0 Å². The summed E-state index contributed by atoms with van der Waals surface area (Å²) >= 11 is 0. The zero-order valence-corrected chi connectivity index (χ0v) is 5.85. The molecule has 2 nitrogen and oxygen atoms in total. The van der Waals surface area contributed by atoms with Gasteiger partial charge >= 0.3 is 0 Å². The molecule has 2 heteroatoms. The van der Waals surface area contributed by atoms with Gasteiger partial charge in [-0.25, -0.2) is 0 Å². The van der Waals surface area contributed by atoms with Crippen molar-refractivity contribution < 1.29 is 4.84 Å². The maximum atomic E-state index is 4.97. The van der Waals surface area contributed by atoms with Crippen molar-refractivity contribution in [2.75, 3.05) is 6.54 Å². The molecule has 0 bridgehead atoms. The van der Waals surface area contributed by atoms with Crippen LogP contribution in [0, 0.1) is 0 Å². The Balaban J connectivity index is 2.86. The fraction of sp³-hybridized carbons (Fsp3) is 1.00. The molecule has 1 radical (unpaired) electrons. The fourth-order valence-electron chi connectivity index (χ4n) is 0.276. The monoisotopic (exact) mass is 116 g/mol. The lowest BCUT2D eigenvalue weighted by Crippen LogP contribution is -2.14. The summed E-state index contributed by atoms with van der Waals surface area (Å²) < 4.78 is 0. The zero-order chi connectivity index (χ0) is 6.41. The first-order chi connectivity index (χ1) is 3.81. The van der Waals surface area contributed by atoms with E-state index >= 15 is 0 Å². The summed E-state index contributed by atoms with van der Waals surface area (Å²) in [7, 11) is 0. The van der Waals surface area contributed by atoms with E-state index in [4.69, 9.17) is 4.84 Å². The van der Waals surface area contributed by atoms with Crippen molar-refractivity contribution in [3.63, 3.8) is 0 Å². The third kappa shape index (κ3) is 4.09. The Bertz CT molecular complexity index is 47.8. The fourth-order valence-corrected chi connectivity index (χ4v) is 0.276. The predicted molar refractivity (Wildman–Crippen MR) is 33.5 cm³/mol. The minimum Gasteiger partial charge on any atom is -0.279 e. The lowest BCUT2D eigenvalue weighted by atomic mass is 10.3. The minimum atomic E-state index is 0.287. The van der Waals surface area contributed by atoms with Gasteiger partial charge in [0.2, 0.25) is 0 Å². The number of rotatable bonds is 4. The van der Waals surface area contributed by atoms with Crippen LogP contribution in [0.4, 0.5) is 0 Å². The summed E-state index contributed by atoms with van der Waals surface area (Å²) in [6.07, 6.45) is 1.32. The molecule has 1 unspecified atom stereocenters. The van der Waals surface area contributed by atoms with Gasteiger partial charge in [0.15, 0.2) is 0 Å². The summed E-state index contributed by atoms with van der Waals surface area (Å²) in [6.45, 7) is 6.81. The normalized spacial score (nSPS) is 13.9. The first-order valence-electron chi connectivity index (χ1n) is 3.13. The quantitative estimate of drug-likeness (QED) is 0.508. The van der Waals surface area contributed by atoms with Crippen LogP contribution >= 0.6 is 0 Å². The number of nitrogens with zero attached hydrogens (tertiary/aromatic N) is 1. The summed E-state index contributed by atoms with van der Waals surface area (Å²) in [5, 5.41) is 0. The summed E-state index contributed by atoms with van der Waals surface area (Å²) in [5.74, 6) is 0. The average molecular weight is 116 g/mol. The Hall–Kier alpha value is -0.0800. The topological polar surface area (TPSA) is 23.3 Å². The molecule has 0 aliphatic heterocycles. The van der Waals surface area contributed by atoms with Crippen LogP contribution in [0.3, 0.4) is 0 Å². The number of hydrogen-bond acceptors (Lipinski definition) is 1. The smallest absolute Gasteiger partial charge is 0.0780 e. The molecule has 0 saturated carbocycles. The van der Waals surface area contributed by atoms with Gasteiger partial charge in [0.25, 0.3) is 0 Å². The molecule has 49 valence electrons. The van der Waals surface area contributed by atoms with Gasteiger partial charge in [0, 0.05) is 6.54 Å². The lowest BCUT2D eigenvalue weighted by molar-refractivity contribution is -0.0207. The molecule has 0 amide bonds. The van der Waals surface area contributed by atoms with Crippen LogP contribution in [0.2, 0.25) is 0 Å². The van der Waals surface area contributed by atoms with Crippen molar-refractivity contribution >= 4 is 0 Å². The van der Waals surface area contributed by atoms with Crippen molar-refractivity contribution in [1.29, 1.82) is 0 Å². The molecule has 0 aliphatic rings. The van der Waals surface area contributed by atoms with Gasteiger partial charge in [0.1, 0.15) is 0 Å². The van der Waals surface area contributed by atoms with Crippen molar-refractivity contribution in [3.05, 3.63) is 0 Å². The van der Waals surface area contributed by atoms with E-state index in [0.717, 1.165) is 13.0 Å². The Morgan fingerprint density at radius 1 is 1.50 bits per heavy atom. The van der Waals surface area contributed by atoms with Gasteiger partial charge in [0.05, 0.1) is 6.10 Å². The molecule has 0 N–H and O–H groups in total. The van der Waals surface area contributed by atoms with E-state index in [1.54, 1.807) is 0 Å². The molecule has 1 atom stereocenters. The maximum absolute atomic E-state index is 4.97. The maximum Gasteiger partial charge on any atom is 0.0780 e. The molecule has 0 aromatic rings. The highest BCUT2D eigenvalue weighted by Gasteiger charge is 1.95. The highest BCUT2D eigenvalue weighted by molar-refractivity contribution is 4.39. The van der Waals surface area contributed by atoms with Crippen LogP contribution in [0.1, 0.15) is 27.2 Å². The molecule has 8 heavy (non-hydrogen) atoms. The van der Waals surface area contributed by atoms with E-state index in [9.17, 15) is 0 Å². The Morgan fingerprint density at radius 2 is 2.12 bits per heavy atom. The molecule has 0 rings (SSSR count). The standard InChI is InChI=1S/C6H14NO/c1-4-6(3)8-7-5-2/h6H,4-5H2,1-3H3. The molecule has 0 fully saturated rings. The molecule has 0 aliphatic carbocycles. The minimum absolute atomic E-state index is 0.287. The summed E-state index contributed by atoms with van der Waals surface area (Å²) in [4.78, 5) is 4.97. The average Bonchev–Trinajstić information content (AvgIpc) is 1.83. The second kappa shape index (κ2) is 5.06. The number of hydrogen-bond donors (Lipinski definition) is 0. The molecule has 0 saturated heterocycles. The van der Waals surface area contributed by atoms with Crippen LogP contribution in [0.5, 0.6) is 0 Å². The third-order valence-corrected chi connectivity index (χ3v) is 0.958. The SMILES string of the molecule is CC[N]OC(C)CC.